The fourth-order valence-electron chi connectivity index (χ4n) is 2.49. The number of hydrogen-bond donors (Lipinski definition) is 3. The van der Waals surface area contributed by atoms with Gasteiger partial charge in [0.25, 0.3) is 0 Å². The lowest BCUT2D eigenvalue weighted by Crippen LogP contribution is -2.57. The van der Waals surface area contributed by atoms with Crippen molar-refractivity contribution < 1.29 is 14.7 Å². The van der Waals surface area contributed by atoms with E-state index in [9.17, 15) is 14.7 Å². The van der Waals surface area contributed by atoms with Crippen LogP contribution in [-0.2, 0) is 11.3 Å². The molecule has 0 atom stereocenters. The maximum absolute atomic E-state index is 11.9. The zero-order chi connectivity index (χ0) is 14.4. The largest absolute Gasteiger partial charge is 0.480 e. The molecule has 0 aromatic carbocycles. The van der Waals surface area contributed by atoms with Crippen LogP contribution in [0, 0.1) is 0 Å². The van der Waals surface area contributed by atoms with Crippen LogP contribution >= 0.6 is 0 Å². The van der Waals surface area contributed by atoms with E-state index in [2.05, 4.69) is 15.6 Å². The molecule has 0 aliphatic heterocycles. The van der Waals surface area contributed by atoms with Crippen molar-refractivity contribution in [1.29, 1.82) is 0 Å². The maximum Gasteiger partial charge on any atom is 0.329 e. The lowest BCUT2D eigenvalue weighted by molar-refractivity contribution is -0.145. The first kappa shape index (κ1) is 14.3. The molecule has 1 aliphatic carbocycles. The minimum absolute atomic E-state index is 0.351. The predicted molar refractivity (Wildman–Crippen MR) is 73.1 cm³/mol. The van der Waals surface area contributed by atoms with Gasteiger partial charge in [0.15, 0.2) is 0 Å². The molecule has 0 bridgehead atoms. The van der Waals surface area contributed by atoms with Gasteiger partial charge in [-0.1, -0.05) is 19.3 Å². The second kappa shape index (κ2) is 6.36. The van der Waals surface area contributed by atoms with Crippen LogP contribution in [0.3, 0.4) is 0 Å². The maximum atomic E-state index is 11.9. The number of carbonyl (C=O) groups is 2. The van der Waals surface area contributed by atoms with Crippen LogP contribution in [0.25, 0.3) is 0 Å². The quantitative estimate of drug-likeness (QED) is 0.780. The van der Waals surface area contributed by atoms with Gasteiger partial charge in [-0.25, -0.2) is 9.59 Å². The van der Waals surface area contributed by atoms with Gasteiger partial charge in [0.05, 0.1) is 0 Å². The monoisotopic (exact) mass is 277 g/mol. The fourth-order valence-corrected chi connectivity index (χ4v) is 2.49. The molecule has 1 heterocycles. The van der Waals surface area contributed by atoms with Gasteiger partial charge in [0.2, 0.25) is 0 Å². The molecule has 6 heteroatoms. The zero-order valence-corrected chi connectivity index (χ0v) is 11.3. The van der Waals surface area contributed by atoms with Gasteiger partial charge in [-0.2, -0.15) is 0 Å². The minimum atomic E-state index is -1.11. The van der Waals surface area contributed by atoms with Crippen LogP contribution in [0.5, 0.6) is 0 Å². The molecule has 1 aromatic heterocycles. The summed E-state index contributed by atoms with van der Waals surface area (Å²) in [6.45, 7) is 0.351. The molecular weight excluding hydrogens is 258 g/mol. The first-order valence-corrected chi connectivity index (χ1v) is 6.81. The number of aliphatic carboxylic acids is 1. The highest BCUT2D eigenvalue weighted by atomic mass is 16.4. The summed E-state index contributed by atoms with van der Waals surface area (Å²) in [6, 6.07) is 3.16. The van der Waals surface area contributed by atoms with Gasteiger partial charge in [-0.3, -0.25) is 4.98 Å². The summed E-state index contributed by atoms with van der Waals surface area (Å²) in [5, 5.41) is 14.7. The molecule has 1 saturated carbocycles. The van der Waals surface area contributed by atoms with E-state index in [1.807, 2.05) is 0 Å². The Kier molecular flexibility index (Phi) is 4.55. The summed E-state index contributed by atoms with van der Waals surface area (Å²) in [4.78, 5) is 27.2. The molecular formula is C14H19N3O3. The van der Waals surface area contributed by atoms with Crippen molar-refractivity contribution in [1.82, 2.24) is 15.6 Å². The molecule has 3 N–H and O–H groups in total. The highest BCUT2D eigenvalue weighted by molar-refractivity contribution is 5.86. The standard InChI is InChI=1S/C14H19N3O3/c18-12(19)14(6-2-1-3-7-14)17-13(20)16-10-11-4-8-15-9-5-11/h4-5,8-9H,1-3,6-7,10H2,(H,18,19)(H2,16,17,20). The summed E-state index contributed by atoms with van der Waals surface area (Å²) < 4.78 is 0. The van der Waals surface area contributed by atoms with Gasteiger partial charge >= 0.3 is 12.0 Å². The van der Waals surface area contributed by atoms with E-state index in [1.54, 1.807) is 24.5 Å². The molecule has 1 aliphatic rings. The predicted octanol–water partition coefficient (Wildman–Crippen LogP) is 1.67. The number of nitrogens with zero attached hydrogens (tertiary/aromatic N) is 1. The van der Waals surface area contributed by atoms with Gasteiger partial charge in [0.1, 0.15) is 5.54 Å². The van der Waals surface area contributed by atoms with Crippen molar-refractivity contribution >= 4 is 12.0 Å². The number of rotatable bonds is 4. The first-order valence-electron chi connectivity index (χ1n) is 6.81. The summed E-state index contributed by atoms with van der Waals surface area (Å²) in [6.07, 6.45) is 6.96. The molecule has 0 unspecified atom stereocenters. The van der Waals surface area contributed by atoms with Gasteiger partial charge in [0, 0.05) is 18.9 Å². The van der Waals surface area contributed by atoms with Crippen LogP contribution < -0.4 is 10.6 Å². The molecule has 2 amide bonds. The molecule has 20 heavy (non-hydrogen) atoms. The topological polar surface area (TPSA) is 91.3 Å². The van der Waals surface area contributed by atoms with Crippen molar-refractivity contribution in [3.8, 4) is 0 Å². The number of carbonyl (C=O) groups excluding carboxylic acids is 1. The number of carboxylic acids is 1. The van der Waals surface area contributed by atoms with Crippen LogP contribution in [0.1, 0.15) is 37.7 Å². The average molecular weight is 277 g/mol. The third-order valence-electron chi connectivity index (χ3n) is 3.67. The molecule has 1 aromatic rings. The van der Waals surface area contributed by atoms with E-state index in [0.29, 0.717) is 19.4 Å². The molecule has 2 rings (SSSR count). The van der Waals surface area contributed by atoms with Crippen molar-refractivity contribution in [2.24, 2.45) is 0 Å². The Morgan fingerprint density at radius 3 is 2.45 bits per heavy atom. The lowest BCUT2D eigenvalue weighted by Gasteiger charge is -2.33. The fraction of sp³-hybridized carbons (Fsp3) is 0.500. The Morgan fingerprint density at radius 1 is 1.20 bits per heavy atom. The average Bonchev–Trinajstić information content (AvgIpc) is 2.47. The van der Waals surface area contributed by atoms with Crippen molar-refractivity contribution in [3.05, 3.63) is 30.1 Å². The Morgan fingerprint density at radius 2 is 1.85 bits per heavy atom. The van der Waals surface area contributed by atoms with Crippen molar-refractivity contribution in [2.75, 3.05) is 0 Å². The van der Waals surface area contributed by atoms with Crippen LogP contribution in [0.2, 0.25) is 0 Å². The highest BCUT2D eigenvalue weighted by Gasteiger charge is 2.40. The van der Waals surface area contributed by atoms with Crippen molar-refractivity contribution in [3.63, 3.8) is 0 Å². The van der Waals surface area contributed by atoms with Crippen LogP contribution in [-0.4, -0.2) is 27.6 Å². The summed E-state index contributed by atoms with van der Waals surface area (Å²) in [5.74, 6) is -0.948. The zero-order valence-electron chi connectivity index (χ0n) is 11.3. The molecule has 0 radical (unpaired) electrons. The Hall–Kier alpha value is -2.11. The summed E-state index contributed by atoms with van der Waals surface area (Å²) in [5.41, 5.74) is -0.191. The molecule has 0 saturated heterocycles. The normalized spacial score (nSPS) is 17.2. The number of nitrogens with one attached hydrogen (secondary N) is 2. The van der Waals surface area contributed by atoms with E-state index in [0.717, 1.165) is 24.8 Å². The van der Waals surface area contributed by atoms with Gasteiger partial charge < -0.3 is 15.7 Å². The summed E-state index contributed by atoms with van der Waals surface area (Å²) >= 11 is 0. The van der Waals surface area contributed by atoms with Gasteiger partial charge in [-0.15, -0.1) is 0 Å². The van der Waals surface area contributed by atoms with Crippen molar-refractivity contribution in [2.45, 2.75) is 44.2 Å². The second-order valence-corrected chi connectivity index (χ2v) is 5.11. The van der Waals surface area contributed by atoms with E-state index in [-0.39, 0.29) is 0 Å². The van der Waals surface area contributed by atoms with E-state index in [1.165, 1.54) is 0 Å². The SMILES string of the molecule is O=C(NCc1ccncc1)NC1(C(=O)O)CCCCC1. The Balaban J connectivity index is 1.90. The number of pyridine rings is 1. The van der Waals surface area contributed by atoms with E-state index in [4.69, 9.17) is 0 Å². The number of aromatic nitrogens is 1. The Labute approximate surface area is 117 Å². The third-order valence-corrected chi connectivity index (χ3v) is 3.67. The smallest absolute Gasteiger partial charge is 0.329 e. The third kappa shape index (κ3) is 3.46. The minimum Gasteiger partial charge on any atom is -0.480 e. The second-order valence-electron chi connectivity index (χ2n) is 5.11. The van der Waals surface area contributed by atoms with E-state index >= 15 is 0 Å². The summed E-state index contributed by atoms with van der Waals surface area (Å²) in [7, 11) is 0. The Bertz CT molecular complexity index is 470. The molecule has 1 fully saturated rings. The lowest BCUT2D eigenvalue weighted by atomic mass is 9.82. The van der Waals surface area contributed by atoms with E-state index < -0.39 is 17.5 Å². The number of amides is 2. The number of hydrogen-bond acceptors (Lipinski definition) is 3. The number of carboxylic acid groups (broad SMARTS) is 1. The van der Waals surface area contributed by atoms with Crippen LogP contribution in [0.15, 0.2) is 24.5 Å². The first-order chi connectivity index (χ1) is 9.62. The van der Waals surface area contributed by atoms with Gasteiger partial charge in [-0.05, 0) is 30.5 Å². The highest BCUT2D eigenvalue weighted by Crippen LogP contribution is 2.28. The molecule has 108 valence electrons. The van der Waals surface area contributed by atoms with Crippen LogP contribution in [0.4, 0.5) is 4.79 Å². The molecule has 6 nitrogen and oxygen atoms in total. The molecule has 0 spiro atoms. The number of urea groups is 1.